The van der Waals surface area contributed by atoms with Gasteiger partial charge >= 0.3 is 0 Å². The van der Waals surface area contributed by atoms with Gasteiger partial charge in [-0.3, -0.25) is 0 Å². The molecule has 0 radical (unpaired) electrons. The standard InChI is InChI=1S/C17H27NO/c1-4-18-16(12-14-7-6-8-14)15-11-13(3)9-10-17(15)19-5-2/h9-11,14,16,18H,4-8,12H2,1-3H3. The van der Waals surface area contributed by atoms with Gasteiger partial charge in [-0.2, -0.15) is 0 Å². The van der Waals surface area contributed by atoms with E-state index < -0.39 is 0 Å². The largest absolute Gasteiger partial charge is 0.494 e. The Morgan fingerprint density at radius 1 is 1.32 bits per heavy atom. The lowest BCUT2D eigenvalue weighted by Gasteiger charge is -2.31. The Hall–Kier alpha value is -1.02. The second kappa shape index (κ2) is 6.95. The third kappa shape index (κ3) is 3.73. The molecule has 1 aliphatic carbocycles. The van der Waals surface area contributed by atoms with Crippen molar-refractivity contribution in [1.29, 1.82) is 0 Å². The molecule has 0 spiro atoms. The Balaban J connectivity index is 2.19. The first kappa shape index (κ1) is 14.4. The Morgan fingerprint density at radius 2 is 2.11 bits per heavy atom. The van der Waals surface area contributed by atoms with Crippen molar-refractivity contribution in [1.82, 2.24) is 5.32 Å². The van der Waals surface area contributed by atoms with Gasteiger partial charge in [0.2, 0.25) is 0 Å². The molecule has 0 saturated heterocycles. The highest BCUT2D eigenvalue weighted by Crippen LogP contribution is 2.37. The average Bonchev–Trinajstić information content (AvgIpc) is 2.35. The van der Waals surface area contributed by atoms with Crippen molar-refractivity contribution in [3.05, 3.63) is 29.3 Å². The van der Waals surface area contributed by atoms with Gasteiger partial charge in [-0.25, -0.2) is 0 Å². The van der Waals surface area contributed by atoms with E-state index in [-0.39, 0.29) is 0 Å². The Morgan fingerprint density at radius 3 is 2.68 bits per heavy atom. The van der Waals surface area contributed by atoms with Crippen LogP contribution in [0.2, 0.25) is 0 Å². The van der Waals surface area contributed by atoms with Gasteiger partial charge in [0.15, 0.2) is 0 Å². The molecule has 19 heavy (non-hydrogen) atoms. The molecule has 0 aliphatic heterocycles. The molecule has 2 heteroatoms. The minimum Gasteiger partial charge on any atom is -0.494 e. The molecule has 0 heterocycles. The second-order valence-electron chi connectivity index (χ2n) is 5.62. The minimum atomic E-state index is 0.441. The van der Waals surface area contributed by atoms with Gasteiger partial charge < -0.3 is 10.1 Å². The van der Waals surface area contributed by atoms with E-state index in [1.165, 1.54) is 36.8 Å². The van der Waals surface area contributed by atoms with Crippen molar-refractivity contribution in [2.45, 2.75) is 52.5 Å². The first-order valence-corrected chi connectivity index (χ1v) is 7.71. The molecule has 2 nitrogen and oxygen atoms in total. The summed E-state index contributed by atoms with van der Waals surface area (Å²) in [4.78, 5) is 0. The molecule has 0 amide bonds. The van der Waals surface area contributed by atoms with E-state index >= 15 is 0 Å². The zero-order valence-corrected chi connectivity index (χ0v) is 12.5. The lowest BCUT2D eigenvalue weighted by Crippen LogP contribution is -2.26. The van der Waals surface area contributed by atoms with Crippen molar-refractivity contribution in [3.8, 4) is 5.75 Å². The molecule has 0 bridgehead atoms. The molecule has 0 aromatic heterocycles. The van der Waals surface area contributed by atoms with Gasteiger partial charge in [-0.05, 0) is 38.8 Å². The van der Waals surface area contributed by atoms with E-state index in [2.05, 4.69) is 44.3 Å². The summed E-state index contributed by atoms with van der Waals surface area (Å²) in [6, 6.07) is 6.99. The van der Waals surface area contributed by atoms with Gasteiger partial charge in [-0.1, -0.05) is 43.9 Å². The van der Waals surface area contributed by atoms with Crippen LogP contribution in [0.3, 0.4) is 0 Å². The maximum absolute atomic E-state index is 5.81. The van der Waals surface area contributed by atoms with Crippen LogP contribution < -0.4 is 10.1 Å². The third-order valence-electron chi connectivity index (χ3n) is 4.08. The molecule has 1 aliphatic rings. The summed E-state index contributed by atoms with van der Waals surface area (Å²) in [5.41, 5.74) is 2.66. The van der Waals surface area contributed by atoms with E-state index in [9.17, 15) is 0 Å². The van der Waals surface area contributed by atoms with Gasteiger partial charge in [0, 0.05) is 11.6 Å². The molecule has 1 N–H and O–H groups in total. The zero-order chi connectivity index (χ0) is 13.7. The fraction of sp³-hybridized carbons (Fsp3) is 0.647. The summed E-state index contributed by atoms with van der Waals surface area (Å²) in [5.74, 6) is 1.96. The number of rotatable bonds is 7. The molecule has 2 rings (SSSR count). The number of ether oxygens (including phenoxy) is 1. The summed E-state index contributed by atoms with van der Waals surface area (Å²) >= 11 is 0. The van der Waals surface area contributed by atoms with Crippen LogP contribution in [0.1, 0.15) is 56.7 Å². The van der Waals surface area contributed by atoms with E-state index in [1.807, 2.05) is 0 Å². The van der Waals surface area contributed by atoms with Crippen LogP contribution in [-0.4, -0.2) is 13.2 Å². The molecular weight excluding hydrogens is 234 g/mol. The third-order valence-corrected chi connectivity index (χ3v) is 4.08. The maximum Gasteiger partial charge on any atom is 0.124 e. The van der Waals surface area contributed by atoms with Crippen LogP contribution in [-0.2, 0) is 0 Å². The first-order valence-electron chi connectivity index (χ1n) is 7.71. The molecule has 1 atom stereocenters. The van der Waals surface area contributed by atoms with E-state index in [0.29, 0.717) is 6.04 Å². The summed E-state index contributed by atoms with van der Waals surface area (Å²) in [5, 5.41) is 3.64. The summed E-state index contributed by atoms with van der Waals surface area (Å²) < 4.78 is 5.81. The SMILES string of the molecule is CCNC(CC1CCC1)c1cc(C)ccc1OCC. The lowest BCUT2D eigenvalue weighted by atomic mass is 9.79. The quantitative estimate of drug-likeness (QED) is 0.793. The molecule has 1 fully saturated rings. The number of benzene rings is 1. The lowest BCUT2D eigenvalue weighted by molar-refractivity contribution is 0.257. The van der Waals surface area contributed by atoms with Gasteiger partial charge in [-0.15, -0.1) is 0 Å². The fourth-order valence-corrected chi connectivity index (χ4v) is 2.86. The summed E-state index contributed by atoms with van der Waals surface area (Å²) in [7, 11) is 0. The van der Waals surface area contributed by atoms with Crippen molar-refractivity contribution in [2.24, 2.45) is 5.92 Å². The van der Waals surface area contributed by atoms with Crippen LogP contribution in [0.4, 0.5) is 0 Å². The van der Waals surface area contributed by atoms with Crippen molar-refractivity contribution in [3.63, 3.8) is 0 Å². The molecule has 1 aromatic carbocycles. The van der Waals surface area contributed by atoms with E-state index in [0.717, 1.165) is 24.8 Å². The Bertz CT molecular complexity index is 398. The van der Waals surface area contributed by atoms with Gasteiger partial charge in [0.05, 0.1) is 6.61 Å². The Kier molecular flexibility index (Phi) is 5.26. The number of aryl methyl sites for hydroxylation is 1. The molecule has 1 unspecified atom stereocenters. The van der Waals surface area contributed by atoms with Crippen LogP contribution in [0, 0.1) is 12.8 Å². The summed E-state index contributed by atoms with van der Waals surface area (Å²) in [6.45, 7) is 8.14. The normalized spacial score (nSPS) is 17.0. The highest BCUT2D eigenvalue weighted by Gasteiger charge is 2.24. The second-order valence-corrected chi connectivity index (χ2v) is 5.62. The highest BCUT2D eigenvalue weighted by atomic mass is 16.5. The fourth-order valence-electron chi connectivity index (χ4n) is 2.86. The van der Waals surface area contributed by atoms with E-state index in [1.54, 1.807) is 0 Å². The average molecular weight is 261 g/mol. The Labute approximate surface area is 117 Å². The zero-order valence-electron chi connectivity index (χ0n) is 12.5. The van der Waals surface area contributed by atoms with Gasteiger partial charge in [0.25, 0.3) is 0 Å². The minimum absolute atomic E-state index is 0.441. The maximum atomic E-state index is 5.81. The van der Waals surface area contributed by atoms with Crippen LogP contribution in [0.15, 0.2) is 18.2 Å². The predicted octanol–water partition coefficient (Wildman–Crippen LogP) is 4.23. The monoisotopic (exact) mass is 261 g/mol. The van der Waals surface area contributed by atoms with Crippen molar-refractivity contribution in [2.75, 3.05) is 13.2 Å². The smallest absolute Gasteiger partial charge is 0.124 e. The topological polar surface area (TPSA) is 21.3 Å². The van der Waals surface area contributed by atoms with Crippen LogP contribution >= 0.6 is 0 Å². The molecule has 1 aromatic rings. The number of hydrogen-bond donors (Lipinski definition) is 1. The van der Waals surface area contributed by atoms with Crippen molar-refractivity contribution < 1.29 is 4.74 Å². The van der Waals surface area contributed by atoms with Crippen molar-refractivity contribution >= 4 is 0 Å². The molecule has 106 valence electrons. The molecular formula is C17H27NO. The molecule has 1 saturated carbocycles. The van der Waals surface area contributed by atoms with Crippen LogP contribution in [0.5, 0.6) is 5.75 Å². The number of nitrogens with one attached hydrogen (secondary N) is 1. The van der Waals surface area contributed by atoms with E-state index in [4.69, 9.17) is 4.74 Å². The number of hydrogen-bond acceptors (Lipinski definition) is 2. The van der Waals surface area contributed by atoms with Crippen LogP contribution in [0.25, 0.3) is 0 Å². The summed E-state index contributed by atoms with van der Waals surface area (Å²) in [6.07, 6.45) is 5.46. The first-order chi connectivity index (χ1) is 9.24. The highest BCUT2D eigenvalue weighted by molar-refractivity contribution is 5.39. The van der Waals surface area contributed by atoms with Gasteiger partial charge in [0.1, 0.15) is 5.75 Å². The predicted molar refractivity (Wildman–Crippen MR) is 80.7 cm³/mol.